The van der Waals surface area contributed by atoms with Crippen LogP contribution < -0.4 is 10.1 Å². The number of carbonyl (C=O) groups excluding carboxylic acids is 1. The summed E-state index contributed by atoms with van der Waals surface area (Å²) < 4.78 is 5.87. The van der Waals surface area contributed by atoms with E-state index >= 15 is 0 Å². The summed E-state index contributed by atoms with van der Waals surface area (Å²) in [7, 11) is 0. The fourth-order valence-electron chi connectivity index (χ4n) is 2.41. The number of halogens is 1. The molecule has 1 aromatic carbocycles. The number of anilines is 1. The van der Waals surface area contributed by atoms with Crippen molar-refractivity contribution in [3.63, 3.8) is 0 Å². The number of hydrogen-bond acceptors (Lipinski definition) is 4. The second-order valence-corrected chi connectivity index (χ2v) is 7.44. The monoisotopic (exact) mass is 381 g/mol. The normalized spacial score (nSPS) is 11.1. The lowest BCUT2D eigenvalue weighted by atomic mass is 9.87. The molecule has 5 nitrogen and oxygen atoms in total. The fraction of sp³-hybridized carbons (Fsp3) is 0.190. The number of hydrogen-bond donors (Lipinski definition) is 1. The molecular formula is C21H20ClN3O2. The predicted octanol–water partition coefficient (Wildman–Crippen LogP) is 5.47. The number of carbonyl (C=O) groups is 1. The van der Waals surface area contributed by atoms with Crippen LogP contribution in [0.2, 0.25) is 5.15 Å². The van der Waals surface area contributed by atoms with Gasteiger partial charge >= 0.3 is 0 Å². The van der Waals surface area contributed by atoms with Crippen molar-refractivity contribution in [3.05, 3.63) is 77.2 Å². The summed E-state index contributed by atoms with van der Waals surface area (Å²) in [6, 6.07) is 14.5. The Morgan fingerprint density at radius 3 is 2.41 bits per heavy atom. The summed E-state index contributed by atoms with van der Waals surface area (Å²) in [5.41, 5.74) is 2.13. The Morgan fingerprint density at radius 1 is 1.04 bits per heavy atom. The zero-order valence-electron chi connectivity index (χ0n) is 15.4. The molecule has 3 rings (SSSR count). The van der Waals surface area contributed by atoms with E-state index in [4.69, 9.17) is 16.3 Å². The Morgan fingerprint density at radius 2 is 1.78 bits per heavy atom. The molecule has 2 aromatic heterocycles. The first-order chi connectivity index (χ1) is 12.8. The molecule has 1 N–H and O–H groups in total. The van der Waals surface area contributed by atoms with Crippen molar-refractivity contribution in [2.24, 2.45) is 0 Å². The number of nitrogens with one attached hydrogen (secondary N) is 1. The Hall–Kier alpha value is -2.92. The van der Waals surface area contributed by atoms with E-state index in [0.717, 1.165) is 0 Å². The molecule has 0 aliphatic carbocycles. The highest BCUT2D eigenvalue weighted by Crippen LogP contribution is 2.29. The van der Waals surface area contributed by atoms with E-state index in [0.29, 0.717) is 28.0 Å². The minimum Gasteiger partial charge on any atom is -0.437 e. The van der Waals surface area contributed by atoms with Gasteiger partial charge in [0.15, 0.2) is 0 Å². The number of ether oxygens (including phenoxy) is 1. The number of nitrogens with zero attached hydrogens (tertiary/aromatic N) is 2. The van der Waals surface area contributed by atoms with Gasteiger partial charge in [0.05, 0.1) is 5.56 Å². The minimum absolute atomic E-state index is 0.0648. The first kappa shape index (κ1) is 18.9. The maximum absolute atomic E-state index is 12.4. The highest BCUT2D eigenvalue weighted by molar-refractivity contribution is 6.29. The largest absolute Gasteiger partial charge is 0.437 e. The molecule has 0 bridgehead atoms. The van der Waals surface area contributed by atoms with Crippen molar-refractivity contribution in [3.8, 4) is 11.6 Å². The molecule has 0 aliphatic heterocycles. The molecule has 1 amide bonds. The molecule has 0 atom stereocenters. The van der Waals surface area contributed by atoms with Gasteiger partial charge in [0.2, 0.25) is 5.88 Å². The summed E-state index contributed by atoms with van der Waals surface area (Å²) in [5.74, 6) is 0.640. The molecule has 27 heavy (non-hydrogen) atoms. The topological polar surface area (TPSA) is 64.1 Å². The van der Waals surface area contributed by atoms with Crippen molar-refractivity contribution >= 4 is 23.2 Å². The van der Waals surface area contributed by atoms with Gasteiger partial charge in [0.25, 0.3) is 5.91 Å². The maximum Gasteiger partial charge on any atom is 0.257 e. The van der Waals surface area contributed by atoms with Crippen molar-refractivity contribution in [1.29, 1.82) is 0 Å². The molecule has 0 radical (unpaired) electrons. The van der Waals surface area contributed by atoms with Gasteiger partial charge in [0.1, 0.15) is 16.6 Å². The number of benzene rings is 1. The smallest absolute Gasteiger partial charge is 0.257 e. The van der Waals surface area contributed by atoms with Crippen LogP contribution >= 0.6 is 11.6 Å². The zero-order valence-corrected chi connectivity index (χ0v) is 16.1. The Kier molecular flexibility index (Phi) is 5.42. The van der Waals surface area contributed by atoms with Crippen molar-refractivity contribution < 1.29 is 9.53 Å². The Balaban J connectivity index is 1.78. The SMILES string of the molecule is CC(C)(C)c1ccc(Oc2ncccc2NC(=O)c2ccc(Cl)nc2)cc1. The van der Waals surface area contributed by atoms with E-state index in [9.17, 15) is 4.79 Å². The van der Waals surface area contributed by atoms with E-state index in [-0.39, 0.29) is 11.3 Å². The molecule has 6 heteroatoms. The molecule has 0 fully saturated rings. The van der Waals surface area contributed by atoms with Gasteiger partial charge in [-0.25, -0.2) is 9.97 Å². The lowest BCUT2D eigenvalue weighted by molar-refractivity contribution is 0.102. The quantitative estimate of drug-likeness (QED) is 0.608. The summed E-state index contributed by atoms with van der Waals surface area (Å²) >= 11 is 5.76. The molecule has 0 saturated carbocycles. The van der Waals surface area contributed by atoms with Gasteiger partial charge in [-0.05, 0) is 47.4 Å². The van der Waals surface area contributed by atoms with Crippen LogP contribution in [0.4, 0.5) is 5.69 Å². The van der Waals surface area contributed by atoms with E-state index in [2.05, 4.69) is 36.1 Å². The number of rotatable bonds is 4. The second kappa shape index (κ2) is 7.76. The molecule has 0 aliphatic rings. The van der Waals surface area contributed by atoms with Gasteiger partial charge < -0.3 is 10.1 Å². The molecule has 2 heterocycles. The first-order valence-electron chi connectivity index (χ1n) is 8.49. The van der Waals surface area contributed by atoms with Gasteiger partial charge in [-0.1, -0.05) is 44.5 Å². The summed E-state index contributed by atoms with van der Waals surface area (Å²) in [5, 5.41) is 3.12. The van der Waals surface area contributed by atoms with E-state index in [1.165, 1.54) is 11.8 Å². The zero-order chi connectivity index (χ0) is 19.4. The van der Waals surface area contributed by atoms with Crippen LogP contribution in [0.1, 0.15) is 36.7 Å². The number of amides is 1. The third-order valence-corrected chi connectivity index (χ3v) is 4.17. The third kappa shape index (κ3) is 4.83. The van der Waals surface area contributed by atoms with E-state index in [1.54, 1.807) is 30.5 Å². The highest BCUT2D eigenvalue weighted by atomic mass is 35.5. The van der Waals surface area contributed by atoms with E-state index in [1.807, 2.05) is 24.3 Å². The van der Waals surface area contributed by atoms with E-state index < -0.39 is 0 Å². The molecule has 0 saturated heterocycles. The van der Waals surface area contributed by atoms with Crippen molar-refractivity contribution in [1.82, 2.24) is 9.97 Å². The Labute approximate surface area is 163 Å². The lowest BCUT2D eigenvalue weighted by Crippen LogP contribution is -2.13. The maximum atomic E-state index is 12.4. The summed E-state index contributed by atoms with van der Waals surface area (Å²) in [6.45, 7) is 6.46. The standard InChI is InChI=1S/C21H20ClN3O2/c1-21(2,3)15-7-9-16(10-8-15)27-20-17(5-4-12-23-20)25-19(26)14-6-11-18(22)24-13-14/h4-13H,1-3H3,(H,25,26). The van der Waals surface area contributed by atoms with Gasteiger partial charge in [-0.3, -0.25) is 4.79 Å². The van der Waals surface area contributed by atoms with Crippen LogP contribution in [0.5, 0.6) is 11.6 Å². The summed E-state index contributed by atoms with van der Waals surface area (Å²) in [6.07, 6.45) is 3.03. The number of aromatic nitrogens is 2. The molecule has 0 spiro atoms. The van der Waals surface area contributed by atoms with Gasteiger partial charge in [-0.15, -0.1) is 0 Å². The van der Waals surface area contributed by atoms with Crippen molar-refractivity contribution in [2.75, 3.05) is 5.32 Å². The molecular weight excluding hydrogens is 362 g/mol. The minimum atomic E-state index is -0.319. The van der Waals surface area contributed by atoms with Crippen molar-refractivity contribution in [2.45, 2.75) is 26.2 Å². The molecule has 3 aromatic rings. The van der Waals surface area contributed by atoms with Crippen LogP contribution in [0.25, 0.3) is 0 Å². The molecule has 138 valence electrons. The van der Waals surface area contributed by atoms with Gasteiger partial charge in [-0.2, -0.15) is 0 Å². The first-order valence-corrected chi connectivity index (χ1v) is 8.87. The van der Waals surface area contributed by atoms with Gasteiger partial charge in [0, 0.05) is 12.4 Å². The Bertz CT molecular complexity index is 933. The average Bonchev–Trinajstić information content (AvgIpc) is 2.63. The van der Waals surface area contributed by atoms with Crippen LogP contribution in [0.15, 0.2) is 60.9 Å². The molecule has 0 unspecified atom stereocenters. The van der Waals surface area contributed by atoms with Crippen LogP contribution in [0.3, 0.4) is 0 Å². The summed E-state index contributed by atoms with van der Waals surface area (Å²) in [4.78, 5) is 20.6. The fourth-order valence-corrected chi connectivity index (χ4v) is 2.52. The lowest BCUT2D eigenvalue weighted by Gasteiger charge is -2.19. The second-order valence-electron chi connectivity index (χ2n) is 7.06. The predicted molar refractivity (Wildman–Crippen MR) is 107 cm³/mol. The number of pyridine rings is 2. The third-order valence-electron chi connectivity index (χ3n) is 3.94. The van der Waals surface area contributed by atoms with Crippen LogP contribution in [-0.2, 0) is 5.41 Å². The van der Waals surface area contributed by atoms with Crippen LogP contribution in [-0.4, -0.2) is 15.9 Å². The van der Waals surface area contributed by atoms with Crippen LogP contribution in [0, 0.1) is 0 Å². The average molecular weight is 382 g/mol. The highest BCUT2D eigenvalue weighted by Gasteiger charge is 2.15.